The van der Waals surface area contributed by atoms with Gasteiger partial charge in [0.15, 0.2) is 6.23 Å². The molecule has 3 heterocycles. The second-order valence-corrected chi connectivity index (χ2v) is 9.38. The van der Waals surface area contributed by atoms with Crippen molar-refractivity contribution >= 4 is 5.97 Å². The summed E-state index contributed by atoms with van der Waals surface area (Å²) in [5.41, 5.74) is 2.52. The van der Waals surface area contributed by atoms with Crippen molar-refractivity contribution in [2.24, 2.45) is 5.41 Å². The Morgan fingerprint density at radius 3 is 2.77 bits per heavy atom. The quantitative estimate of drug-likeness (QED) is 0.275. The van der Waals surface area contributed by atoms with Crippen molar-refractivity contribution in [3.05, 3.63) is 78.6 Å². The smallest absolute Gasteiger partial charge is 0.330 e. The lowest BCUT2D eigenvalue weighted by Gasteiger charge is -2.24. The largest absolute Gasteiger partial charge is 0.492 e. The molecule has 3 aromatic rings. The van der Waals surface area contributed by atoms with Crippen LogP contribution < -0.4 is 4.74 Å². The van der Waals surface area contributed by atoms with Gasteiger partial charge < -0.3 is 14.2 Å². The third-order valence-corrected chi connectivity index (χ3v) is 6.01. The van der Waals surface area contributed by atoms with Crippen LogP contribution in [-0.2, 0) is 20.9 Å². The second-order valence-electron chi connectivity index (χ2n) is 9.38. The van der Waals surface area contributed by atoms with Gasteiger partial charge in [0.05, 0.1) is 24.2 Å². The number of ether oxygens (including phenoxy) is 3. The van der Waals surface area contributed by atoms with Gasteiger partial charge in [-0.3, -0.25) is 4.98 Å². The molecule has 0 amide bonds. The van der Waals surface area contributed by atoms with Gasteiger partial charge in [0.25, 0.3) is 0 Å². The van der Waals surface area contributed by atoms with Crippen LogP contribution in [0.4, 0.5) is 0 Å². The number of hydrogen-bond acceptors (Lipinski definition) is 6. The number of esters is 1. The zero-order valence-electron chi connectivity index (χ0n) is 20.4. The van der Waals surface area contributed by atoms with E-state index in [0.717, 1.165) is 49.2 Å². The van der Waals surface area contributed by atoms with Crippen molar-refractivity contribution in [1.29, 1.82) is 0 Å². The Kier molecular flexibility index (Phi) is 8.32. The predicted octanol–water partition coefficient (Wildman–Crippen LogP) is 5.74. The fraction of sp³-hybridized carbons (Fsp3) is 0.393. The lowest BCUT2D eigenvalue weighted by atomic mass is 9.89. The summed E-state index contributed by atoms with van der Waals surface area (Å²) in [5.74, 6) is 0.358. The van der Waals surface area contributed by atoms with Gasteiger partial charge in [-0.2, -0.15) is 5.10 Å². The molecule has 35 heavy (non-hydrogen) atoms. The molecular weight excluding hydrogens is 442 g/mol. The Balaban J connectivity index is 1.24. The van der Waals surface area contributed by atoms with Gasteiger partial charge >= 0.3 is 5.97 Å². The summed E-state index contributed by atoms with van der Waals surface area (Å²) < 4.78 is 19.0. The molecule has 1 fully saturated rings. The molecule has 0 spiro atoms. The van der Waals surface area contributed by atoms with Crippen LogP contribution in [0, 0.1) is 5.41 Å². The first kappa shape index (κ1) is 24.7. The van der Waals surface area contributed by atoms with Crippen LogP contribution in [0.5, 0.6) is 5.75 Å². The highest BCUT2D eigenvalue weighted by Gasteiger charge is 2.20. The Labute approximate surface area is 206 Å². The monoisotopic (exact) mass is 475 g/mol. The van der Waals surface area contributed by atoms with Crippen molar-refractivity contribution in [2.75, 3.05) is 13.2 Å². The molecule has 7 heteroatoms. The predicted molar refractivity (Wildman–Crippen MR) is 134 cm³/mol. The summed E-state index contributed by atoms with van der Waals surface area (Å²) in [4.78, 5) is 16.6. The van der Waals surface area contributed by atoms with E-state index in [4.69, 9.17) is 14.2 Å². The van der Waals surface area contributed by atoms with E-state index in [-0.39, 0.29) is 24.2 Å². The van der Waals surface area contributed by atoms with Crippen molar-refractivity contribution in [1.82, 2.24) is 14.8 Å². The standard InChI is InChI=1S/C28H33N3O4/c1-28(2,15-13-27(32)35-21-22-8-4-3-5-9-22)16-19-33-23-11-12-24(29-20-23)25-14-17-30-31(25)26-10-6-7-18-34-26/h3-5,8-9,11-15,17,20,26H,6-7,10,16,18-19,21H2,1-2H3/b15-13+. The van der Waals surface area contributed by atoms with Crippen LogP contribution in [0.25, 0.3) is 11.4 Å². The maximum Gasteiger partial charge on any atom is 0.330 e. The van der Waals surface area contributed by atoms with Gasteiger partial charge in [0.2, 0.25) is 0 Å². The lowest BCUT2D eigenvalue weighted by molar-refractivity contribution is -0.139. The normalized spacial score (nSPS) is 16.3. The van der Waals surface area contributed by atoms with E-state index >= 15 is 0 Å². The minimum atomic E-state index is -0.347. The van der Waals surface area contributed by atoms with Crippen molar-refractivity contribution in [3.8, 4) is 17.1 Å². The van der Waals surface area contributed by atoms with Gasteiger partial charge in [-0.05, 0) is 54.9 Å². The fourth-order valence-corrected chi connectivity index (χ4v) is 3.87. The minimum absolute atomic E-state index is 0.0302. The summed E-state index contributed by atoms with van der Waals surface area (Å²) in [5, 5.41) is 4.45. The molecule has 1 saturated heterocycles. The van der Waals surface area contributed by atoms with Gasteiger partial charge in [0.1, 0.15) is 12.4 Å². The van der Waals surface area contributed by atoms with E-state index in [1.807, 2.05) is 59.3 Å². The molecule has 1 aliphatic rings. The topological polar surface area (TPSA) is 75.5 Å². The van der Waals surface area contributed by atoms with E-state index in [1.54, 1.807) is 12.4 Å². The molecule has 1 unspecified atom stereocenters. The second kappa shape index (κ2) is 11.8. The molecule has 1 aliphatic heterocycles. The maximum atomic E-state index is 12.1. The summed E-state index contributed by atoms with van der Waals surface area (Å²) in [6.45, 7) is 5.67. The summed E-state index contributed by atoms with van der Waals surface area (Å²) >= 11 is 0. The molecule has 184 valence electrons. The third-order valence-electron chi connectivity index (χ3n) is 6.01. The number of benzene rings is 1. The number of carbonyl (C=O) groups excluding carboxylic acids is 1. The number of rotatable bonds is 10. The SMILES string of the molecule is CC(C)(/C=C/C(=O)OCc1ccccc1)CCOc1ccc(-c2ccnn2C2CCCCO2)nc1. The minimum Gasteiger partial charge on any atom is -0.492 e. The molecule has 7 nitrogen and oxygen atoms in total. The first-order chi connectivity index (χ1) is 17.0. The number of allylic oxidation sites excluding steroid dienone is 1. The lowest BCUT2D eigenvalue weighted by Crippen LogP contribution is -2.20. The first-order valence-corrected chi connectivity index (χ1v) is 12.1. The van der Waals surface area contributed by atoms with E-state index in [2.05, 4.69) is 23.9 Å². The fourth-order valence-electron chi connectivity index (χ4n) is 3.87. The highest BCUT2D eigenvalue weighted by Crippen LogP contribution is 2.28. The summed E-state index contributed by atoms with van der Waals surface area (Å²) in [6.07, 6.45) is 10.8. The molecule has 1 aromatic carbocycles. The number of hydrogen-bond donors (Lipinski definition) is 0. The third kappa shape index (κ3) is 7.26. The highest BCUT2D eigenvalue weighted by atomic mass is 16.5. The van der Waals surface area contributed by atoms with Crippen LogP contribution in [0.15, 0.2) is 73.1 Å². The van der Waals surface area contributed by atoms with E-state index < -0.39 is 0 Å². The number of nitrogens with zero attached hydrogens (tertiary/aromatic N) is 3. The Hall–Kier alpha value is -3.45. The number of pyridine rings is 1. The van der Waals surface area contributed by atoms with Crippen LogP contribution >= 0.6 is 0 Å². The molecule has 0 bridgehead atoms. The van der Waals surface area contributed by atoms with Gasteiger partial charge in [-0.25, -0.2) is 9.48 Å². The molecule has 2 aromatic heterocycles. The summed E-state index contributed by atoms with van der Waals surface area (Å²) in [6, 6.07) is 15.5. The number of aromatic nitrogens is 3. The molecule has 0 N–H and O–H groups in total. The average molecular weight is 476 g/mol. The maximum absolute atomic E-state index is 12.1. The van der Waals surface area contributed by atoms with Crippen LogP contribution in [-0.4, -0.2) is 33.9 Å². The molecule has 4 rings (SSSR count). The van der Waals surface area contributed by atoms with Gasteiger partial charge in [-0.15, -0.1) is 0 Å². The van der Waals surface area contributed by atoms with Crippen molar-refractivity contribution in [2.45, 2.75) is 52.4 Å². The van der Waals surface area contributed by atoms with Crippen LogP contribution in [0.3, 0.4) is 0 Å². The average Bonchev–Trinajstić information content (AvgIpc) is 3.38. The first-order valence-electron chi connectivity index (χ1n) is 12.1. The molecule has 0 saturated carbocycles. The molecule has 0 aliphatic carbocycles. The zero-order chi connectivity index (χ0) is 24.5. The Morgan fingerprint density at radius 2 is 2.03 bits per heavy atom. The Bertz CT molecular complexity index is 1100. The van der Waals surface area contributed by atoms with E-state index in [0.29, 0.717) is 12.4 Å². The Morgan fingerprint density at radius 1 is 1.17 bits per heavy atom. The van der Waals surface area contributed by atoms with Crippen molar-refractivity contribution < 1.29 is 19.0 Å². The van der Waals surface area contributed by atoms with Crippen LogP contribution in [0.2, 0.25) is 0 Å². The molecule has 1 atom stereocenters. The van der Waals surface area contributed by atoms with Gasteiger partial charge in [0, 0.05) is 18.9 Å². The molecular formula is C28H33N3O4. The summed E-state index contributed by atoms with van der Waals surface area (Å²) in [7, 11) is 0. The van der Waals surface area contributed by atoms with Gasteiger partial charge in [-0.1, -0.05) is 50.3 Å². The van der Waals surface area contributed by atoms with Crippen LogP contribution in [0.1, 0.15) is 51.3 Å². The van der Waals surface area contributed by atoms with E-state index in [1.165, 1.54) is 6.08 Å². The van der Waals surface area contributed by atoms with Crippen molar-refractivity contribution in [3.63, 3.8) is 0 Å². The van der Waals surface area contributed by atoms with E-state index in [9.17, 15) is 4.79 Å². The number of carbonyl (C=O) groups is 1. The zero-order valence-corrected chi connectivity index (χ0v) is 20.4. The molecule has 0 radical (unpaired) electrons. The highest BCUT2D eigenvalue weighted by molar-refractivity contribution is 5.82.